The van der Waals surface area contributed by atoms with Crippen LogP contribution in [0.3, 0.4) is 0 Å². The molecule has 0 heterocycles. The first-order valence-electron chi connectivity index (χ1n) is 16.2. The number of esters is 1. The van der Waals surface area contributed by atoms with Crippen LogP contribution in [0.25, 0.3) is 0 Å². The molecule has 1 rings (SSSR count). The Kier molecular flexibility index (Phi) is 19.2. The number of carbonyl (C=O) groups excluding carboxylic acids is 5. The molecule has 1 aromatic rings. The summed E-state index contributed by atoms with van der Waals surface area (Å²) < 4.78 is 10.1. The lowest BCUT2D eigenvalue weighted by atomic mass is 9.96. The van der Waals surface area contributed by atoms with E-state index in [4.69, 9.17) is 20.9 Å². The molecule has 16 heteroatoms. The molecule has 0 bridgehead atoms. The zero-order chi connectivity index (χ0) is 36.9. The lowest BCUT2D eigenvalue weighted by Gasteiger charge is -2.29. The summed E-state index contributed by atoms with van der Waals surface area (Å²) in [6.45, 7) is 8.80. The number of carbonyl (C=O) groups is 6. The van der Waals surface area contributed by atoms with E-state index in [1.54, 1.807) is 58.9 Å². The van der Waals surface area contributed by atoms with Crippen molar-refractivity contribution in [2.24, 2.45) is 28.3 Å². The highest BCUT2D eigenvalue weighted by Crippen LogP contribution is 2.12. The molecule has 0 spiro atoms. The molecule has 9 N–H and O–H groups in total. The number of benzene rings is 1. The van der Waals surface area contributed by atoms with Crippen LogP contribution in [0.15, 0.2) is 47.5 Å². The number of ether oxygens (including phenoxy) is 2. The van der Waals surface area contributed by atoms with Crippen molar-refractivity contribution in [2.45, 2.75) is 91.1 Å². The number of carboxylic acids is 1. The molecular weight excluding hydrogens is 638 g/mol. The van der Waals surface area contributed by atoms with Crippen molar-refractivity contribution >= 4 is 41.7 Å². The lowest BCUT2D eigenvalue weighted by molar-refractivity contribution is -0.139. The van der Waals surface area contributed by atoms with Gasteiger partial charge in [-0.15, -0.1) is 0 Å². The number of amides is 4. The van der Waals surface area contributed by atoms with Gasteiger partial charge < -0.3 is 47.3 Å². The second kappa shape index (κ2) is 22.4. The Morgan fingerprint density at radius 2 is 1.53 bits per heavy atom. The van der Waals surface area contributed by atoms with Crippen LogP contribution in [0, 0.1) is 11.8 Å². The number of alkyl carbamates (subject to hydrolysis) is 1. The lowest BCUT2D eigenvalue weighted by Crippen LogP contribution is -2.59. The normalized spacial score (nSPS) is 14.0. The standard InChI is InChI=1S/C33H51N7O9/c1-6-21(5)28(31(46)37-23(18-25(41)42)15-16-26(43)48-7-2)39-29(44)24(14-11-17-36-32(34)35)38-30(45)27(20(3)4)40-33(47)49-19-22-12-9-8-10-13-22/h8-10,12-13,15-16,20-21,23-24,27-28H,6-7,11,14,17-19H2,1-5H3,(H,37,46)(H,38,45)(H,39,44)(H,40,47)(H,41,42)(H4,34,35,36)/b16-15+/t21?,23-,24+,27+,28+/m1/s1. The van der Waals surface area contributed by atoms with Crippen LogP contribution in [0.2, 0.25) is 0 Å². The molecule has 0 aromatic heterocycles. The third-order valence-corrected chi connectivity index (χ3v) is 7.28. The van der Waals surface area contributed by atoms with Crippen LogP contribution in [0.5, 0.6) is 0 Å². The molecule has 1 aromatic carbocycles. The smallest absolute Gasteiger partial charge is 0.408 e. The number of rotatable bonds is 21. The van der Waals surface area contributed by atoms with Crippen LogP contribution in [-0.2, 0) is 40.1 Å². The van der Waals surface area contributed by atoms with E-state index < -0.39 is 78.2 Å². The SMILES string of the molecule is CCOC(=O)/C=C/[C@H](CC(=O)O)NC(=O)[C@@H](NC(=O)[C@H](CCCN=C(N)N)NC(=O)[C@@H](NC(=O)OCc1ccccc1)C(C)C)C(C)CC. The summed E-state index contributed by atoms with van der Waals surface area (Å²) in [5, 5.41) is 19.8. The maximum atomic E-state index is 13.7. The minimum Gasteiger partial charge on any atom is -0.481 e. The number of nitrogens with zero attached hydrogens (tertiary/aromatic N) is 1. The number of nitrogens with two attached hydrogens (primary N) is 2. The summed E-state index contributed by atoms with van der Waals surface area (Å²) >= 11 is 0. The average molecular weight is 690 g/mol. The molecule has 272 valence electrons. The van der Waals surface area contributed by atoms with Gasteiger partial charge in [-0.1, -0.05) is 70.5 Å². The molecule has 0 aliphatic carbocycles. The highest BCUT2D eigenvalue weighted by Gasteiger charge is 2.33. The first kappa shape index (κ1) is 41.9. The van der Waals surface area contributed by atoms with Crippen molar-refractivity contribution in [3.05, 3.63) is 48.0 Å². The van der Waals surface area contributed by atoms with Crippen LogP contribution in [-0.4, -0.2) is 84.1 Å². The third-order valence-electron chi connectivity index (χ3n) is 7.28. The van der Waals surface area contributed by atoms with E-state index in [1.807, 2.05) is 6.07 Å². The largest absolute Gasteiger partial charge is 0.481 e. The van der Waals surface area contributed by atoms with Gasteiger partial charge in [-0.25, -0.2) is 9.59 Å². The van der Waals surface area contributed by atoms with E-state index in [-0.39, 0.29) is 38.6 Å². The Morgan fingerprint density at radius 3 is 2.10 bits per heavy atom. The monoisotopic (exact) mass is 689 g/mol. The van der Waals surface area contributed by atoms with Gasteiger partial charge in [-0.05, 0) is 37.2 Å². The topological polar surface area (TPSA) is 254 Å². The molecule has 16 nitrogen and oxygen atoms in total. The third kappa shape index (κ3) is 17.0. The van der Waals surface area contributed by atoms with Gasteiger partial charge in [-0.3, -0.25) is 24.2 Å². The van der Waals surface area contributed by atoms with Gasteiger partial charge >= 0.3 is 18.0 Å². The summed E-state index contributed by atoms with van der Waals surface area (Å²) in [6.07, 6.45) is 1.65. The molecule has 0 fully saturated rings. The number of nitrogens with one attached hydrogen (secondary N) is 4. The highest BCUT2D eigenvalue weighted by molar-refractivity contribution is 5.94. The van der Waals surface area contributed by atoms with Crippen molar-refractivity contribution in [1.82, 2.24) is 21.3 Å². The quantitative estimate of drug-likeness (QED) is 0.0316. The second-order valence-electron chi connectivity index (χ2n) is 11.6. The summed E-state index contributed by atoms with van der Waals surface area (Å²) in [7, 11) is 0. The number of hydrogen-bond acceptors (Lipinski definition) is 9. The van der Waals surface area contributed by atoms with Gasteiger partial charge in [0.25, 0.3) is 0 Å². The predicted octanol–water partition coefficient (Wildman–Crippen LogP) is 1.09. The number of carboxylic acid groups (broad SMARTS) is 1. The van der Waals surface area contributed by atoms with E-state index in [2.05, 4.69) is 26.3 Å². The van der Waals surface area contributed by atoms with Gasteiger partial charge in [0, 0.05) is 12.6 Å². The second-order valence-corrected chi connectivity index (χ2v) is 11.6. The summed E-state index contributed by atoms with van der Waals surface area (Å²) in [5.74, 6) is -4.98. The predicted molar refractivity (Wildman–Crippen MR) is 182 cm³/mol. The van der Waals surface area contributed by atoms with Gasteiger partial charge in [0.05, 0.1) is 19.1 Å². The zero-order valence-electron chi connectivity index (χ0n) is 28.8. The fourth-order valence-electron chi connectivity index (χ4n) is 4.43. The molecule has 4 amide bonds. The van der Waals surface area contributed by atoms with Crippen LogP contribution < -0.4 is 32.7 Å². The van der Waals surface area contributed by atoms with Gasteiger partial charge in [0.15, 0.2) is 5.96 Å². The Labute approximate surface area is 286 Å². The average Bonchev–Trinajstić information content (AvgIpc) is 3.04. The number of aliphatic carboxylic acids is 1. The summed E-state index contributed by atoms with van der Waals surface area (Å²) in [6, 6.07) is 4.50. The number of aliphatic imine (C=N–C) groups is 1. The molecule has 0 saturated carbocycles. The van der Waals surface area contributed by atoms with Crippen molar-refractivity contribution in [3.8, 4) is 0 Å². The molecule has 1 unspecified atom stereocenters. The fourth-order valence-corrected chi connectivity index (χ4v) is 4.43. The maximum absolute atomic E-state index is 13.7. The van der Waals surface area contributed by atoms with Crippen LogP contribution >= 0.6 is 0 Å². The van der Waals surface area contributed by atoms with Gasteiger partial charge in [0.2, 0.25) is 17.7 Å². The Hall–Kier alpha value is -5.15. The molecule has 0 saturated heterocycles. The Morgan fingerprint density at radius 1 is 0.878 bits per heavy atom. The van der Waals surface area contributed by atoms with Crippen LogP contribution in [0.4, 0.5) is 4.79 Å². The number of hydrogen-bond donors (Lipinski definition) is 7. The van der Waals surface area contributed by atoms with E-state index >= 15 is 0 Å². The first-order valence-corrected chi connectivity index (χ1v) is 16.2. The summed E-state index contributed by atoms with van der Waals surface area (Å²) in [5.41, 5.74) is 11.6. The molecule has 0 radical (unpaired) electrons. The zero-order valence-corrected chi connectivity index (χ0v) is 28.8. The molecule has 0 aliphatic heterocycles. The highest BCUT2D eigenvalue weighted by atomic mass is 16.5. The molecule has 49 heavy (non-hydrogen) atoms. The molecule has 5 atom stereocenters. The summed E-state index contributed by atoms with van der Waals surface area (Å²) in [4.78, 5) is 80.4. The fraction of sp³-hybridized carbons (Fsp3) is 0.545. The Bertz CT molecular complexity index is 1300. The van der Waals surface area contributed by atoms with Crippen molar-refractivity contribution < 1.29 is 43.3 Å². The molecule has 0 aliphatic rings. The maximum Gasteiger partial charge on any atom is 0.408 e. The van der Waals surface area contributed by atoms with Gasteiger partial charge in [-0.2, -0.15) is 0 Å². The minimum absolute atomic E-state index is 0.0140. The number of guanidine groups is 1. The van der Waals surface area contributed by atoms with E-state index in [9.17, 15) is 33.9 Å². The minimum atomic E-state index is -1.23. The van der Waals surface area contributed by atoms with Crippen molar-refractivity contribution in [2.75, 3.05) is 13.2 Å². The van der Waals surface area contributed by atoms with Crippen molar-refractivity contribution in [1.29, 1.82) is 0 Å². The van der Waals surface area contributed by atoms with E-state index in [0.717, 1.165) is 11.6 Å². The van der Waals surface area contributed by atoms with E-state index in [0.29, 0.717) is 6.42 Å². The van der Waals surface area contributed by atoms with Gasteiger partial charge in [0.1, 0.15) is 24.7 Å². The first-order chi connectivity index (χ1) is 23.2. The van der Waals surface area contributed by atoms with E-state index in [1.165, 1.54) is 6.08 Å². The van der Waals surface area contributed by atoms with Crippen LogP contribution in [0.1, 0.15) is 65.9 Å². The van der Waals surface area contributed by atoms with Crippen molar-refractivity contribution in [3.63, 3.8) is 0 Å². The molecular formula is C33H51N7O9. The Balaban J connectivity index is 3.18.